The van der Waals surface area contributed by atoms with Gasteiger partial charge in [-0.05, 0) is 42.7 Å². The number of esters is 1. The van der Waals surface area contributed by atoms with Crippen LogP contribution >= 0.6 is 0 Å². The maximum atomic E-state index is 13.2. The number of fused-ring (bicyclic) bond motifs is 2. The van der Waals surface area contributed by atoms with Gasteiger partial charge in [0.2, 0.25) is 12.2 Å². The Bertz CT molecular complexity index is 1130. The molecular weight excluding hydrogens is 348 g/mol. The number of ether oxygens (including phenoxy) is 3. The lowest BCUT2D eigenvalue weighted by Crippen LogP contribution is -2.09. The molecule has 0 bridgehead atoms. The van der Waals surface area contributed by atoms with Crippen LogP contribution in [0.15, 0.2) is 39.5 Å². The van der Waals surface area contributed by atoms with Gasteiger partial charge in [-0.25, -0.2) is 0 Å². The molecule has 6 nitrogen and oxygen atoms in total. The van der Waals surface area contributed by atoms with E-state index in [9.17, 15) is 9.59 Å². The highest BCUT2D eigenvalue weighted by Crippen LogP contribution is 2.37. The van der Waals surface area contributed by atoms with E-state index in [4.69, 9.17) is 18.6 Å². The molecular formula is C21H18O6. The van der Waals surface area contributed by atoms with E-state index < -0.39 is 5.97 Å². The summed E-state index contributed by atoms with van der Waals surface area (Å²) in [7, 11) is 0. The summed E-state index contributed by atoms with van der Waals surface area (Å²) in [5.74, 6) is 1.73. The summed E-state index contributed by atoms with van der Waals surface area (Å²) in [4.78, 5) is 24.6. The van der Waals surface area contributed by atoms with Crippen molar-refractivity contribution >= 4 is 16.9 Å². The van der Waals surface area contributed by atoms with E-state index in [0.717, 1.165) is 5.56 Å². The minimum atomic E-state index is -0.417. The third kappa shape index (κ3) is 2.93. The largest absolute Gasteiger partial charge is 0.460 e. The van der Waals surface area contributed by atoms with Crippen molar-refractivity contribution in [2.75, 3.05) is 6.79 Å². The van der Waals surface area contributed by atoms with E-state index in [2.05, 4.69) is 0 Å². The number of benzene rings is 2. The van der Waals surface area contributed by atoms with Crippen molar-refractivity contribution in [1.29, 1.82) is 0 Å². The highest BCUT2D eigenvalue weighted by Gasteiger charge is 2.20. The van der Waals surface area contributed by atoms with Gasteiger partial charge in [0.15, 0.2) is 11.5 Å². The molecule has 1 aliphatic heterocycles. The summed E-state index contributed by atoms with van der Waals surface area (Å²) in [6, 6.07) is 8.71. The second-order valence-corrected chi connectivity index (χ2v) is 6.33. The zero-order valence-corrected chi connectivity index (χ0v) is 15.3. The van der Waals surface area contributed by atoms with Crippen LogP contribution in [-0.4, -0.2) is 12.8 Å². The Morgan fingerprint density at radius 1 is 1.15 bits per heavy atom. The van der Waals surface area contributed by atoms with Crippen molar-refractivity contribution in [2.24, 2.45) is 0 Å². The van der Waals surface area contributed by atoms with Crippen LogP contribution in [0.4, 0.5) is 0 Å². The van der Waals surface area contributed by atoms with E-state index in [1.807, 2.05) is 13.0 Å². The van der Waals surface area contributed by atoms with Crippen LogP contribution in [0.1, 0.15) is 25.2 Å². The van der Waals surface area contributed by atoms with Gasteiger partial charge in [0.25, 0.3) is 0 Å². The lowest BCUT2D eigenvalue weighted by Gasteiger charge is -2.11. The van der Waals surface area contributed by atoms with Gasteiger partial charge in [0, 0.05) is 13.0 Å². The summed E-state index contributed by atoms with van der Waals surface area (Å²) in [6.07, 6.45) is 0.616. The topological polar surface area (TPSA) is 75.0 Å². The van der Waals surface area contributed by atoms with Crippen LogP contribution in [0.25, 0.3) is 22.1 Å². The monoisotopic (exact) mass is 366 g/mol. The Morgan fingerprint density at radius 3 is 2.67 bits per heavy atom. The number of carbonyl (C=O) groups excluding carboxylic acids is 1. The predicted octanol–water partition coefficient (Wildman–Crippen LogP) is 3.98. The molecule has 2 aromatic carbocycles. The Balaban J connectivity index is 1.93. The smallest absolute Gasteiger partial charge is 0.308 e. The molecule has 0 saturated carbocycles. The van der Waals surface area contributed by atoms with Gasteiger partial charge in [-0.3, -0.25) is 9.59 Å². The van der Waals surface area contributed by atoms with Crippen LogP contribution in [0.3, 0.4) is 0 Å². The molecule has 2 heterocycles. The summed E-state index contributed by atoms with van der Waals surface area (Å²) >= 11 is 0. The molecule has 0 aliphatic carbocycles. The van der Waals surface area contributed by atoms with Crippen molar-refractivity contribution in [3.05, 3.63) is 51.9 Å². The molecule has 0 amide bonds. The average molecular weight is 366 g/mol. The second-order valence-electron chi connectivity index (χ2n) is 6.33. The third-order valence-electron chi connectivity index (χ3n) is 4.55. The summed E-state index contributed by atoms with van der Waals surface area (Å²) in [6.45, 7) is 5.18. The first-order valence-electron chi connectivity index (χ1n) is 8.66. The molecule has 0 saturated heterocycles. The van der Waals surface area contributed by atoms with Gasteiger partial charge in [-0.1, -0.05) is 13.0 Å². The van der Waals surface area contributed by atoms with Gasteiger partial charge in [0.05, 0.1) is 10.9 Å². The predicted molar refractivity (Wildman–Crippen MR) is 99.5 cm³/mol. The van der Waals surface area contributed by atoms with Crippen LogP contribution in [0, 0.1) is 6.92 Å². The Kier molecular flexibility index (Phi) is 4.11. The first-order valence-corrected chi connectivity index (χ1v) is 8.66. The quantitative estimate of drug-likeness (QED) is 0.515. The molecule has 138 valence electrons. The van der Waals surface area contributed by atoms with E-state index in [-0.39, 0.29) is 12.2 Å². The van der Waals surface area contributed by atoms with Gasteiger partial charge in [-0.2, -0.15) is 0 Å². The normalized spacial score (nSPS) is 12.4. The first kappa shape index (κ1) is 17.1. The molecule has 0 atom stereocenters. The molecule has 0 N–H and O–H groups in total. The Labute approximate surface area is 155 Å². The number of hydrogen-bond acceptors (Lipinski definition) is 6. The van der Waals surface area contributed by atoms with Gasteiger partial charge < -0.3 is 18.6 Å². The Morgan fingerprint density at radius 2 is 1.93 bits per heavy atom. The number of hydrogen-bond donors (Lipinski definition) is 0. The molecule has 1 aromatic heterocycles. The summed E-state index contributed by atoms with van der Waals surface area (Å²) in [5, 5.41) is 0.445. The van der Waals surface area contributed by atoms with Crippen molar-refractivity contribution in [2.45, 2.75) is 27.2 Å². The number of aryl methyl sites for hydroxylation is 2. The lowest BCUT2D eigenvalue weighted by molar-refractivity contribution is -0.131. The third-order valence-corrected chi connectivity index (χ3v) is 4.55. The Hall–Kier alpha value is -3.28. The summed E-state index contributed by atoms with van der Waals surface area (Å²) < 4.78 is 21.9. The fourth-order valence-electron chi connectivity index (χ4n) is 3.29. The van der Waals surface area contributed by atoms with Gasteiger partial charge in [-0.15, -0.1) is 0 Å². The van der Waals surface area contributed by atoms with Crippen LogP contribution in [0.2, 0.25) is 0 Å². The minimum absolute atomic E-state index is 0.142. The molecule has 0 spiro atoms. The maximum Gasteiger partial charge on any atom is 0.308 e. The van der Waals surface area contributed by atoms with E-state index >= 15 is 0 Å². The first-order chi connectivity index (χ1) is 13.0. The number of rotatable bonds is 3. The molecule has 6 heteroatoms. The molecule has 4 rings (SSSR count). The van der Waals surface area contributed by atoms with Crippen molar-refractivity contribution in [3.8, 4) is 28.4 Å². The van der Waals surface area contributed by atoms with Crippen molar-refractivity contribution in [1.82, 2.24) is 0 Å². The SMILES string of the molecule is CCc1cc2c(=O)c(-c3ccc4c(c3)OCO4)c(C)oc2cc1OC(C)=O. The maximum absolute atomic E-state index is 13.2. The molecule has 0 unspecified atom stereocenters. The van der Waals surface area contributed by atoms with E-state index in [1.165, 1.54) is 6.92 Å². The molecule has 1 aliphatic rings. The number of carbonyl (C=O) groups is 1. The van der Waals surface area contributed by atoms with Gasteiger partial charge >= 0.3 is 5.97 Å². The van der Waals surface area contributed by atoms with Crippen molar-refractivity contribution < 1.29 is 23.4 Å². The average Bonchev–Trinajstić information content (AvgIpc) is 3.08. The van der Waals surface area contributed by atoms with E-state index in [1.54, 1.807) is 31.2 Å². The zero-order chi connectivity index (χ0) is 19.1. The minimum Gasteiger partial charge on any atom is -0.460 e. The lowest BCUT2D eigenvalue weighted by atomic mass is 10.0. The molecule has 3 aromatic rings. The highest BCUT2D eigenvalue weighted by molar-refractivity contribution is 5.86. The molecule has 0 radical (unpaired) electrons. The van der Waals surface area contributed by atoms with Crippen molar-refractivity contribution in [3.63, 3.8) is 0 Å². The van der Waals surface area contributed by atoms with Crippen LogP contribution in [-0.2, 0) is 11.2 Å². The second kappa shape index (κ2) is 6.46. The highest BCUT2D eigenvalue weighted by atomic mass is 16.7. The van der Waals surface area contributed by atoms with Gasteiger partial charge in [0.1, 0.15) is 17.1 Å². The van der Waals surface area contributed by atoms with Crippen LogP contribution in [0.5, 0.6) is 17.2 Å². The standard InChI is InChI=1S/C21H18O6/c1-4-13-7-15-18(9-17(13)27-12(3)22)26-11(2)20(21(15)23)14-5-6-16-19(8-14)25-10-24-16/h5-9H,4,10H2,1-3H3. The van der Waals surface area contributed by atoms with E-state index in [0.29, 0.717) is 51.5 Å². The zero-order valence-electron chi connectivity index (χ0n) is 15.3. The molecule has 0 fully saturated rings. The summed E-state index contributed by atoms with van der Waals surface area (Å²) in [5.41, 5.74) is 2.19. The van der Waals surface area contributed by atoms with Crippen LogP contribution < -0.4 is 19.6 Å². The fourth-order valence-corrected chi connectivity index (χ4v) is 3.29. The molecule has 27 heavy (non-hydrogen) atoms. The fraction of sp³-hybridized carbons (Fsp3) is 0.238.